The van der Waals surface area contributed by atoms with Gasteiger partial charge in [0.25, 0.3) is 0 Å². The standard InChI is InChI=1S/C19H21N3O2/c1-13-15(12-22-7-9-24-10-8-22)3-2-4-16(13)14-5-6-17-18(11-14)21-19(23)20-17/h2-6,11H,7-10,12H2,1H3,(H2,20,21,23). The molecule has 3 aromatic rings. The molecule has 0 atom stereocenters. The second kappa shape index (κ2) is 6.26. The van der Waals surface area contributed by atoms with Crippen LogP contribution in [0.1, 0.15) is 11.1 Å². The van der Waals surface area contributed by atoms with Crippen molar-refractivity contribution in [3.63, 3.8) is 0 Å². The van der Waals surface area contributed by atoms with Gasteiger partial charge in [-0.3, -0.25) is 4.90 Å². The third-order valence-corrected chi connectivity index (χ3v) is 4.77. The summed E-state index contributed by atoms with van der Waals surface area (Å²) < 4.78 is 5.43. The minimum absolute atomic E-state index is 0.167. The first-order valence-corrected chi connectivity index (χ1v) is 8.32. The minimum atomic E-state index is -0.167. The number of aromatic amines is 2. The SMILES string of the molecule is Cc1c(CN2CCOCC2)cccc1-c1ccc2[nH]c(=O)[nH]c2c1. The van der Waals surface area contributed by atoms with Crippen molar-refractivity contribution in [2.24, 2.45) is 0 Å². The van der Waals surface area contributed by atoms with Crippen LogP contribution in [0.4, 0.5) is 0 Å². The summed E-state index contributed by atoms with van der Waals surface area (Å²) in [4.78, 5) is 19.5. The third-order valence-electron chi connectivity index (χ3n) is 4.77. The highest BCUT2D eigenvalue weighted by Gasteiger charge is 2.14. The molecular weight excluding hydrogens is 302 g/mol. The van der Waals surface area contributed by atoms with Gasteiger partial charge in [-0.25, -0.2) is 4.79 Å². The molecule has 1 fully saturated rings. The van der Waals surface area contributed by atoms with E-state index < -0.39 is 0 Å². The van der Waals surface area contributed by atoms with Crippen molar-refractivity contribution in [3.8, 4) is 11.1 Å². The Labute approximate surface area is 140 Å². The van der Waals surface area contributed by atoms with Gasteiger partial charge in [0.05, 0.1) is 24.2 Å². The van der Waals surface area contributed by atoms with Crippen molar-refractivity contribution in [1.29, 1.82) is 0 Å². The lowest BCUT2D eigenvalue weighted by Crippen LogP contribution is -2.35. The summed E-state index contributed by atoms with van der Waals surface area (Å²) >= 11 is 0. The Morgan fingerprint density at radius 1 is 1.08 bits per heavy atom. The fraction of sp³-hybridized carbons (Fsp3) is 0.316. The van der Waals surface area contributed by atoms with Crippen LogP contribution in [-0.4, -0.2) is 41.2 Å². The zero-order valence-corrected chi connectivity index (χ0v) is 13.8. The van der Waals surface area contributed by atoms with Crippen molar-refractivity contribution in [3.05, 3.63) is 58.0 Å². The van der Waals surface area contributed by atoms with E-state index in [1.807, 2.05) is 12.1 Å². The lowest BCUT2D eigenvalue weighted by atomic mass is 9.96. The summed E-state index contributed by atoms with van der Waals surface area (Å²) in [5, 5.41) is 0. The average Bonchev–Trinajstić information content (AvgIpc) is 2.97. The summed E-state index contributed by atoms with van der Waals surface area (Å²) in [7, 11) is 0. The molecule has 0 bridgehead atoms. The van der Waals surface area contributed by atoms with Gasteiger partial charge in [-0.05, 0) is 41.3 Å². The van der Waals surface area contributed by atoms with Crippen molar-refractivity contribution < 1.29 is 4.74 Å². The molecule has 2 aromatic carbocycles. The number of hydrogen-bond donors (Lipinski definition) is 2. The summed E-state index contributed by atoms with van der Waals surface area (Å²) in [6, 6.07) is 12.5. The van der Waals surface area contributed by atoms with Gasteiger partial charge >= 0.3 is 5.69 Å². The van der Waals surface area contributed by atoms with E-state index in [1.54, 1.807) is 0 Å². The van der Waals surface area contributed by atoms with Gasteiger partial charge in [-0.2, -0.15) is 0 Å². The van der Waals surface area contributed by atoms with Gasteiger partial charge < -0.3 is 14.7 Å². The van der Waals surface area contributed by atoms with Crippen molar-refractivity contribution in [2.75, 3.05) is 26.3 Å². The first-order chi connectivity index (χ1) is 11.7. The molecule has 5 nitrogen and oxygen atoms in total. The molecule has 1 aromatic heterocycles. The molecule has 1 aliphatic rings. The highest BCUT2D eigenvalue weighted by atomic mass is 16.5. The Bertz CT molecular complexity index is 920. The number of nitrogens with zero attached hydrogens (tertiary/aromatic N) is 1. The maximum Gasteiger partial charge on any atom is 0.323 e. The molecule has 0 spiro atoms. The number of benzene rings is 2. The number of nitrogens with one attached hydrogen (secondary N) is 2. The zero-order valence-electron chi connectivity index (χ0n) is 13.8. The highest BCUT2D eigenvalue weighted by molar-refractivity contribution is 5.82. The molecule has 0 unspecified atom stereocenters. The van der Waals surface area contributed by atoms with Crippen LogP contribution in [0.15, 0.2) is 41.2 Å². The van der Waals surface area contributed by atoms with Gasteiger partial charge in [0.1, 0.15) is 0 Å². The highest BCUT2D eigenvalue weighted by Crippen LogP contribution is 2.28. The second-order valence-electron chi connectivity index (χ2n) is 6.32. The average molecular weight is 323 g/mol. The zero-order chi connectivity index (χ0) is 16.5. The molecular formula is C19H21N3O2. The molecule has 0 amide bonds. The second-order valence-corrected chi connectivity index (χ2v) is 6.32. The van der Waals surface area contributed by atoms with E-state index in [4.69, 9.17) is 4.74 Å². The first-order valence-electron chi connectivity index (χ1n) is 8.32. The predicted molar refractivity (Wildman–Crippen MR) is 95.2 cm³/mol. The molecule has 24 heavy (non-hydrogen) atoms. The summed E-state index contributed by atoms with van der Waals surface area (Å²) in [6.45, 7) is 6.73. The molecule has 1 aliphatic heterocycles. The van der Waals surface area contributed by atoms with Gasteiger partial charge in [-0.15, -0.1) is 0 Å². The normalized spacial score (nSPS) is 15.9. The van der Waals surface area contributed by atoms with Crippen LogP contribution in [-0.2, 0) is 11.3 Å². The molecule has 4 rings (SSSR count). The van der Waals surface area contributed by atoms with Crippen molar-refractivity contribution in [2.45, 2.75) is 13.5 Å². The number of H-pyrrole nitrogens is 2. The molecule has 0 aliphatic carbocycles. The van der Waals surface area contributed by atoms with E-state index in [2.05, 4.69) is 46.1 Å². The van der Waals surface area contributed by atoms with Crippen LogP contribution in [0.2, 0.25) is 0 Å². The quantitative estimate of drug-likeness (QED) is 0.779. The van der Waals surface area contributed by atoms with Crippen molar-refractivity contribution >= 4 is 11.0 Å². The topological polar surface area (TPSA) is 61.1 Å². The van der Waals surface area contributed by atoms with E-state index in [0.29, 0.717) is 0 Å². The monoisotopic (exact) mass is 323 g/mol. The minimum Gasteiger partial charge on any atom is -0.379 e. The Morgan fingerprint density at radius 2 is 1.88 bits per heavy atom. The van der Waals surface area contributed by atoms with Crippen LogP contribution in [0.3, 0.4) is 0 Å². The Morgan fingerprint density at radius 3 is 2.71 bits per heavy atom. The fourth-order valence-electron chi connectivity index (χ4n) is 3.37. The van der Waals surface area contributed by atoms with E-state index >= 15 is 0 Å². The maximum absolute atomic E-state index is 11.5. The number of hydrogen-bond acceptors (Lipinski definition) is 3. The number of rotatable bonds is 3. The lowest BCUT2D eigenvalue weighted by Gasteiger charge is -2.27. The number of fused-ring (bicyclic) bond motifs is 1. The molecule has 0 saturated carbocycles. The van der Waals surface area contributed by atoms with Gasteiger partial charge in [0.2, 0.25) is 0 Å². The molecule has 2 N–H and O–H groups in total. The summed E-state index contributed by atoms with van der Waals surface area (Å²) in [5.41, 5.74) is 6.49. The maximum atomic E-state index is 11.5. The summed E-state index contributed by atoms with van der Waals surface area (Å²) in [5.74, 6) is 0. The molecule has 0 radical (unpaired) electrons. The molecule has 2 heterocycles. The van der Waals surface area contributed by atoms with Crippen LogP contribution in [0.5, 0.6) is 0 Å². The van der Waals surface area contributed by atoms with Crippen LogP contribution < -0.4 is 5.69 Å². The predicted octanol–water partition coefficient (Wildman–Crippen LogP) is 2.66. The largest absolute Gasteiger partial charge is 0.379 e. The lowest BCUT2D eigenvalue weighted by molar-refractivity contribution is 0.0341. The molecule has 5 heteroatoms. The summed E-state index contributed by atoms with van der Waals surface area (Å²) in [6.07, 6.45) is 0. The van der Waals surface area contributed by atoms with Crippen LogP contribution in [0.25, 0.3) is 22.2 Å². The molecule has 1 saturated heterocycles. The Kier molecular flexibility index (Phi) is 3.96. The van der Waals surface area contributed by atoms with Gasteiger partial charge in [0, 0.05) is 19.6 Å². The molecule has 124 valence electrons. The number of imidazole rings is 1. The number of ether oxygens (including phenoxy) is 1. The van der Waals surface area contributed by atoms with Gasteiger partial charge in [0.15, 0.2) is 0 Å². The Hall–Kier alpha value is -2.37. The van der Waals surface area contributed by atoms with Crippen LogP contribution >= 0.6 is 0 Å². The number of morpholine rings is 1. The van der Waals surface area contributed by atoms with E-state index in [-0.39, 0.29) is 5.69 Å². The van der Waals surface area contributed by atoms with Crippen molar-refractivity contribution in [1.82, 2.24) is 14.9 Å². The van der Waals surface area contributed by atoms with E-state index in [1.165, 1.54) is 16.7 Å². The van der Waals surface area contributed by atoms with E-state index in [9.17, 15) is 4.79 Å². The Balaban J connectivity index is 1.68. The first kappa shape index (κ1) is 15.2. The number of aromatic nitrogens is 2. The third kappa shape index (κ3) is 2.88. The van der Waals surface area contributed by atoms with Crippen LogP contribution in [0, 0.1) is 6.92 Å². The fourth-order valence-corrected chi connectivity index (χ4v) is 3.37. The van der Waals surface area contributed by atoms with Gasteiger partial charge in [-0.1, -0.05) is 24.3 Å². The van der Waals surface area contributed by atoms with E-state index in [0.717, 1.165) is 49.4 Å². The smallest absolute Gasteiger partial charge is 0.323 e.